The molecule has 4 heteroatoms. The molecule has 0 radical (unpaired) electrons. The normalized spacial score (nSPS) is 20.8. The Morgan fingerprint density at radius 2 is 0.811 bits per heavy atom. The van der Waals surface area contributed by atoms with Gasteiger partial charge in [0.1, 0.15) is 0 Å². The van der Waals surface area contributed by atoms with Crippen molar-refractivity contribution in [2.75, 3.05) is 6.61 Å². The van der Waals surface area contributed by atoms with Gasteiger partial charge in [-0.05, 0) is 133 Å². The van der Waals surface area contributed by atoms with Gasteiger partial charge < -0.3 is 18.9 Å². The van der Waals surface area contributed by atoms with Gasteiger partial charge in [0.15, 0.2) is 0 Å². The Bertz CT molecular complexity index is 502. The summed E-state index contributed by atoms with van der Waals surface area (Å²) in [5.41, 5.74) is 0.213. The zero-order valence-corrected chi connectivity index (χ0v) is 26.2. The van der Waals surface area contributed by atoms with Gasteiger partial charge in [-0.25, -0.2) is 0 Å². The van der Waals surface area contributed by atoms with Gasteiger partial charge in [-0.2, -0.15) is 0 Å². The zero-order valence-electron chi connectivity index (χ0n) is 26.2. The maximum atomic E-state index is 5.80. The SMILES string of the molecule is C.CC(C)(C)OC1CC1.CC(C)(C)OC1CCCC1.CC(C)(C)OC1CCCC1.CC(C)OCC1CC1. The molecule has 0 saturated heterocycles. The largest absolute Gasteiger partial charge is 0.379 e. The van der Waals surface area contributed by atoms with Gasteiger partial charge in [-0.3, -0.25) is 0 Å². The molecule has 4 nitrogen and oxygen atoms in total. The second-order valence-corrected chi connectivity index (χ2v) is 14.5. The first-order valence-corrected chi connectivity index (χ1v) is 15.2. The summed E-state index contributed by atoms with van der Waals surface area (Å²) in [5.74, 6) is 0.914. The van der Waals surface area contributed by atoms with Gasteiger partial charge in [-0.15, -0.1) is 0 Å². The third-order valence-electron chi connectivity index (χ3n) is 6.05. The molecule has 0 N–H and O–H groups in total. The summed E-state index contributed by atoms with van der Waals surface area (Å²) in [6.07, 6.45) is 18.0. The fourth-order valence-corrected chi connectivity index (χ4v) is 4.31. The molecule has 4 rings (SSSR count). The first kappa shape index (κ1) is 36.8. The molecule has 0 aromatic carbocycles. The first-order chi connectivity index (χ1) is 16.5. The van der Waals surface area contributed by atoms with Crippen molar-refractivity contribution < 1.29 is 18.9 Å². The van der Waals surface area contributed by atoms with E-state index in [2.05, 4.69) is 76.2 Å². The smallest absolute Gasteiger partial charge is 0.0602 e. The fraction of sp³-hybridized carbons (Fsp3) is 1.00. The van der Waals surface area contributed by atoms with Crippen LogP contribution in [0.25, 0.3) is 0 Å². The van der Waals surface area contributed by atoms with E-state index in [9.17, 15) is 0 Å². The molecule has 4 aliphatic rings. The van der Waals surface area contributed by atoms with Crippen LogP contribution >= 0.6 is 0 Å². The van der Waals surface area contributed by atoms with Crippen molar-refractivity contribution in [2.45, 2.75) is 202 Å². The highest BCUT2D eigenvalue weighted by atomic mass is 16.5. The summed E-state index contributed by atoms with van der Waals surface area (Å²) in [7, 11) is 0. The second kappa shape index (κ2) is 17.5. The molecule has 4 aliphatic carbocycles. The van der Waals surface area contributed by atoms with Gasteiger partial charge in [0.2, 0.25) is 0 Å². The molecule has 37 heavy (non-hydrogen) atoms. The Morgan fingerprint density at radius 3 is 1.00 bits per heavy atom. The lowest BCUT2D eigenvalue weighted by molar-refractivity contribution is -0.0562. The maximum absolute atomic E-state index is 5.80. The van der Waals surface area contributed by atoms with E-state index in [1.165, 1.54) is 77.0 Å². The van der Waals surface area contributed by atoms with Crippen LogP contribution < -0.4 is 0 Å². The van der Waals surface area contributed by atoms with Gasteiger partial charge in [0.25, 0.3) is 0 Å². The molecule has 4 fully saturated rings. The lowest BCUT2D eigenvalue weighted by Gasteiger charge is -2.24. The summed E-state index contributed by atoms with van der Waals surface area (Å²) in [6, 6.07) is 0. The quantitative estimate of drug-likeness (QED) is 0.344. The van der Waals surface area contributed by atoms with Crippen LogP contribution in [0.1, 0.15) is 161 Å². The topological polar surface area (TPSA) is 36.9 Å². The van der Waals surface area contributed by atoms with E-state index in [1.807, 2.05) is 0 Å². The molecule has 4 saturated carbocycles. The highest BCUT2D eigenvalue weighted by Gasteiger charge is 2.27. The average molecular weight is 529 g/mol. The third-order valence-corrected chi connectivity index (χ3v) is 6.05. The monoisotopic (exact) mass is 529 g/mol. The summed E-state index contributed by atoms with van der Waals surface area (Å²) in [5, 5.41) is 0. The Labute approximate surface area is 233 Å². The number of hydrogen-bond acceptors (Lipinski definition) is 4. The Hall–Kier alpha value is -0.160. The van der Waals surface area contributed by atoms with E-state index >= 15 is 0 Å². The highest BCUT2D eigenvalue weighted by molar-refractivity contribution is 4.77. The van der Waals surface area contributed by atoms with Crippen LogP contribution in [0.5, 0.6) is 0 Å². The minimum atomic E-state index is 0. The molecule has 0 aromatic rings. The minimum Gasteiger partial charge on any atom is -0.379 e. The van der Waals surface area contributed by atoms with Crippen molar-refractivity contribution in [3.05, 3.63) is 0 Å². The van der Waals surface area contributed by atoms with Crippen molar-refractivity contribution >= 4 is 0 Å². The number of rotatable bonds is 6. The molecular formula is C33H68O4. The fourth-order valence-electron chi connectivity index (χ4n) is 4.31. The van der Waals surface area contributed by atoms with Crippen LogP contribution in [0, 0.1) is 5.92 Å². The number of ether oxygens (including phenoxy) is 4. The van der Waals surface area contributed by atoms with Gasteiger partial charge in [-0.1, -0.05) is 33.1 Å². The van der Waals surface area contributed by atoms with Crippen LogP contribution in [0.4, 0.5) is 0 Å². The molecule has 0 bridgehead atoms. The van der Waals surface area contributed by atoms with Crippen LogP contribution in [0.2, 0.25) is 0 Å². The third kappa shape index (κ3) is 25.9. The van der Waals surface area contributed by atoms with E-state index in [0.29, 0.717) is 24.4 Å². The molecule has 0 amide bonds. The molecule has 0 heterocycles. The minimum absolute atomic E-state index is 0. The van der Waals surface area contributed by atoms with E-state index in [4.69, 9.17) is 18.9 Å². The van der Waals surface area contributed by atoms with Gasteiger partial charge >= 0.3 is 0 Å². The van der Waals surface area contributed by atoms with Crippen LogP contribution in [-0.4, -0.2) is 47.8 Å². The van der Waals surface area contributed by atoms with Crippen LogP contribution in [0.3, 0.4) is 0 Å². The number of hydrogen-bond donors (Lipinski definition) is 0. The summed E-state index contributed by atoms with van der Waals surface area (Å²) in [4.78, 5) is 0. The van der Waals surface area contributed by atoms with Gasteiger partial charge in [0, 0.05) is 6.61 Å². The highest BCUT2D eigenvalue weighted by Crippen LogP contribution is 2.29. The molecule has 224 valence electrons. The molecule has 0 spiro atoms. The predicted octanol–water partition coefficient (Wildman–Crippen LogP) is 9.91. The van der Waals surface area contributed by atoms with Crippen molar-refractivity contribution in [2.24, 2.45) is 5.92 Å². The molecule has 0 aliphatic heterocycles. The average Bonchev–Trinajstić information content (AvgIpc) is 3.59. The van der Waals surface area contributed by atoms with E-state index in [1.54, 1.807) is 0 Å². The van der Waals surface area contributed by atoms with Crippen LogP contribution in [-0.2, 0) is 18.9 Å². The van der Waals surface area contributed by atoms with E-state index in [-0.39, 0.29) is 24.2 Å². The van der Waals surface area contributed by atoms with Gasteiger partial charge in [0.05, 0.1) is 41.2 Å². The van der Waals surface area contributed by atoms with Crippen molar-refractivity contribution in [1.82, 2.24) is 0 Å². The van der Waals surface area contributed by atoms with Crippen molar-refractivity contribution in [3.8, 4) is 0 Å². The lowest BCUT2D eigenvalue weighted by Crippen LogP contribution is -2.25. The summed E-state index contributed by atoms with van der Waals surface area (Å²) >= 11 is 0. The molecular weight excluding hydrogens is 460 g/mol. The Morgan fingerprint density at radius 1 is 0.514 bits per heavy atom. The molecule has 0 unspecified atom stereocenters. The summed E-state index contributed by atoms with van der Waals surface area (Å²) in [6.45, 7) is 24.3. The molecule has 0 atom stereocenters. The van der Waals surface area contributed by atoms with Crippen molar-refractivity contribution in [1.29, 1.82) is 0 Å². The van der Waals surface area contributed by atoms with Crippen molar-refractivity contribution in [3.63, 3.8) is 0 Å². The molecule has 0 aromatic heterocycles. The Kier molecular flexibility index (Phi) is 17.4. The van der Waals surface area contributed by atoms with E-state index in [0.717, 1.165) is 12.5 Å². The second-order valence-electron chi connectivity index (χ2n) is 14.5. The summed E-state index contributed by atoms with van der Waals surface area (Å²) < 4.78 is 22.5. The zero-order chi connectivity index (χ0) is 27.4. The first-order valence-electron chi connectivity index (χ1n) is 15.2. The lowest BCUT2D eigenvalue weighted by atomic mass is 10.2. The predicted molar refractivity (Wildman–Crippen MR) is 161 cm³/mol. The maximum Gasteiger partial charge on any atom is 0.0602 e. The Balaban J connectivity index is 0.000000465. The van der Waals surface area contributed by atoms with Crippen LogP contribution in [0.15, 0.2) is 0 Å². The van der Waals surface area contributed by atoms with E-state index < -0.39 is 0 Å². The standard InChI is InChI=1S/2C9H18O.2C7H14O.CH4/c2*1-9(2,3)10-8-6-4-5-7-8;1-7(2,3)8-6-4-5-6;1-6(2)8-5-7-3-4-7;/h2*8H,4-7H2,1-3H3;6H,4-5H2,1-3H3;6-7H,3-5H2,1-2H3;1H4.